The molecule has 0 aromatic carbocycles. The molecular formula is C36H57F3N2O5S2. The molecule has 4 saturated carbocycles. The van der Waals surface area contributed by atoms with Gasteiger partial charge in [0.2, 0.25) is 0 Å². The van der Waals surface area contributed by atoms with Gasteiger partial charge in [0.25, 0.3) is 0 Å². The highest BCUT2D eigenvalue weighted by Crippen LogP contribution is 2.76. The van der Waals surface area contributed by atoms with Gasteiger partial charge in [-0.25, -0.2) is 8.42 Å². The number of nitrogens with zero attached hydrogens (tertiary/aromatic N) is 1. The van der Waals surface area contributed by atoms with Crippen molar-refractivity contribution in [2.45, 2.75) is 110 Å². The molecule has 12 heteroatoms. The summed E-state index contributed by atoms with van der Waals surface area (Å²) in [5.41, 5.74) is -5.13. The largest absolute Gasteiger partial charge is 0.534 e. The van der Waals surface area contributed by atoms with Crippen LogP contribution in [0.25, 0.3) is 0 Å². The highest BCUT2D eigenvalue weighted by atomic mass is 32.2. The summed E-state index contributed by atoms with van der Waals surface area (Å²) in [7, 11) is -8.65. The van der Waals surface area contributed by atoms with E-state index in [0.717, 1.165) is 64.5 Å². The minimum absolute atomic E-state index is 0.00423. The van der Waals surface area contributed by atoms with Crippen molar-refractivity contribution < 1.29 is 34.2 Å². The first-order chi connectivity index (χ1) is 22.0. The zero-order chi connectivity index (χ0) is 35.3. The summed E-state index contributed by atoms with van der Waals surface area (Å²) in [6, 6.07) is 0. The molecule has 5 aliphatic carbocycles. The number of halogens is 3. The van der Waals surface area contributed by atoms with Crippen molar-refractivity contribution in [3.8, 4) is 0 Å². The first kappa shape index (κ1) is 36.7. The molecule has 7 nitrogen and oxygen atoms in total. The Bertz CT molecular complexity index is 1550. The molecule has 0 spiro atoms. The lowest BCUT2D eigenvalue weighted by molar-refractivity contribution is -0.223. The van der Waals surface area contributed by atoms with Crippen LogP contribution in [-0.4, -0.2) is 70.5 Å². The molecule has 6 aliphatic rings. The first-order valence-corrected chi connectivity index (χ1v) is 21.3. The lowest BCUT2D eigenvalue weighted by Gasteiger charge is -2.72. The van der Waals surface area contributed by atoms with Crippen LogP contribution in [0.15, 0.2) is 24.0 Å². The Morgan fingerprint density at radius 3 is 2.27 bits per heavy atom. The molecule has 274 valence electrons. The van der Waals surface area contributed by atoms with Crippen molar-refractivity contribution in [2.75, 3.05) is 37.7 Å². The van der Waals surface area contributed by atoms with Crippen molar-refractivity contribution in [1.82, 2.24) is 10.2 Å². The molecule has 5 fully saturated rings. The predicted molar refractivity (Wildman–Crippen MR) is 182 cm³/mol. The maximum atomic E-state index is 13.3. The van der Waals surface area contributed by atoms with Gasteiger partial charge in [0.05, 0.1) is 11.5 Å². The van der Waals surface area contributed by atoms with Gasteiger partial charge < -0.3 is 14.4 Å². The molecule has 1 saturated heterocycles. The van der Waals surface area contributed by atoms with Crippen molar-refractivity contribution in [3.63, 3.8) is 0 Å². The van der Waals surface area contributed by atoms with Gasteiger partial charge in [-0.3, -0.25) is 0 Å². The highest BCUT2D eigenvalue weighted by molar-refractivity contribution is 7.91. The van der Waals surface area contributed by atoms with Crippen LogP contribution < -0.4 is 5.32 Å². The molecule has 1 heterocycles. The lowest BCUT2D eigenvalue weighted by atomic mass is 9.33. The van der Waals surface area contributed by atoms with E-state index in [1.165, 1.54) is 5.57 Å². The zero-order valence-corrected chi connectivity index (χ0v) is 31.3. The minimum atomic E-state index is -5.74. The summed E-state index contributed by atoms with van der Waals surface area (Å²) >= 11 is 0. The summed E-state index contributed by atoms with van der Waals surface area (Å²) < 4.78 is 92.9. The van der Waals surface area contributed by atoms with Crippen LogP contribution in [0.3, 0.4) is 0 Å². The Kier molecular flexibility index (Phi) is 8.94. The SMILES string of the molecule is C=C(C)[C@@H]1CCC2(NCCN3CCS(=O)(=O)CC3)CC[C@]3(C)[C@H](CC[C@@H]4[C@@]5(C)CC=C(OS(=O)(=O)C(F)(F)F)C(C)(C)[C@@H]5CC[C@]43C)[C@@H]12. The van der Waals surface area contributed by atoms with Gasteiger partial charge in [0.15, 0.2) is 9.84 Å². The molecule has 9 atom stereocenters. The van der Waals surface area contributed by atoms with E-state index >= 15 is 0 Å². The average molecular weight is 719 g/mol. The number of rotatable bonds is 7. The Balaban J connectivity index is 1.26. The second kappa shape index (κ2) is 11.7. The quantitative estimate of drug-likeness (QED) is 0.171. The number of hydrogen-bond acceptors (Lipinski definition) is 7. The maximum Gasteiger partial charge on any atom is 0.534 e. The lowest BCUT2D eigenvalue weighted by Crippen LogP contribution is -2.68. The monoisotopic (exact) mass is 718 g/mol. The summed E-state index contributed by atoms with van der Waals surface area (Å²) in [4.78, 5) is 2.28. The van der Waals surface area contributed by atoms with E-state index in [4.69, 9.17) is 4.18 Å². The van der Waals surface area contributed by atoms with E-state index in [1.807, 2.05) is 13.8 Å². The highest BCUT2D eigenvalue weighted by Gasteiger charge is 2.70. The topological polar surface area (TPSA) is 92.8 Å². The molecule has 1 unspecified atom stereocenters. The first-order valence-electron chi connectivity index (χ1n) is 18.1. The molecule has 0 radical (unpaired) electrons. The fourth-order valence-corrected chi connectivity index (χ4v) is 14.7. The summed E-state index contributed by atoms with van der Waals surface area (Å²) in [5, 5.41) is 4.10. The maximum absolute atomic E-state index is 13.3. The van der Waals surface area contributed by atoms with Crippen molar-refractivity contribution in [1.29, 1.82) is 0 Å². The third kappa shape index (κ3) is 5.54. The van der Waals surface area contributed by atoms with Gasteiger partial charge in [-0.05, 0) is 117 Å². The van der Waals surface area contributed by atoms with E-state index in [-0.39, 0.29) is 45.0 Å². The molecule has 0 amide bonds. The van der Waals surface area contributed by atoms with Gasteiger partial charge in [-0.2, -0.15) is 21.6 Å². The van der Waals surface area contributed by atoms with Crippen LogP contribution in [0.5, 0.6) is 0 Å². The van der Waals surface area contributed by atoms with Crippen LogP contribution in [0.4, 0.5) is 13.2 Å². The molecule has 48 heavy (non-hydrogen) atoms. The molecule has 1 N–H and O–H groups in total. The van der Waals surface area contributed by atoms with E-state index in [1.54, 1.807) is 6.08 Å². The minimum Gasteiger partial charge on any atom is -0.380 e. The number of nitrogens with one attached hydrogen (secondary N) is 1. The molecular weight excluding hydrogens is 662 g/mol. The molecule has 0 aromatic rings. The number of hydrogen-bond donors (Lipinski definition) is 1. The number of alkyl halides is 3. The number of fused-ring (bicyclic) bond motifs is 7. The third-order valence-electron chi connectivity index (χ3n) is 15.4. The summed E-state index contributed by atoms with van der Waals surface area (Å²) in [6.07, 6.45) is 10.5. The second-order valence-corrected chi connectivity index (χ2v) is 21.6. The van der Waals surface area contributed by atoms with Gasteiger partial charge in [-0.15, -0.1) is 0 Å². The standard InChI is InChI=1S/C36H57F3N2O5S2/c1-24(2)25-10-15-35(40-18-19-41-20-22-47(42,43)23-21-41)17-16-33(6)26(30(25)35)8-9-28-32(5)13-12-29(46-48(44,45)36(37,38)39)31(3,4)27(32)11-14-34(28,33)7/h12,25-28,30,40H,1,8-11,13-23H2,2-7H3/t25-,26+,27-,28+,30+,32-,33+,34+,35?/m0/s1. The van der Waals surface area contributed by atoms with Gasteiger partial charge in [0, 0.05) is 37.1 Å². The van der Waals surface area contributed by atoms with Crippen molar-refractivity contribution >= 4 is 20.0 Å². The van der Waals surface area contributed by atoms with Crippen molar-refractivity contribution in [2.24, 2.45) is 51.2 Å². The molecule has 1 aliphatic heterocycles. The number of sulfone groups is 1. The van der Waals surface area contributed by atoms with E-state index < -0.39 is 30.9 Å². The van der Waals surface area contributed by atoms with Crippen LogP contribution >= 0.6 is 0 Å². The normalized spacial score (nSPS) is 44.0. The van der Waals surface area contributed by atoms with E-state index in [9.17, 15) is 30.0 Å². The van der Waals surface area contributed by atoms with Gasteiger partial charge in [0.1, 0.15) is 5.76 Å². The smallest absolute Gasteiger partial charge is 0.380 e. The van der Waals surface area contributed by atoms with Crippen molar-refractivity contribution in [3.05, 3.63) is 24.0 Å². The Labute approximate surface area is 286 Å². The van der Waals surface area contributed by atoms with E-state index in [0.29, 0.717) is 43.2 Å². The van der Waals surface area contributed by atoms with E-state index in [2.05, 4.69) is 44.5 Å². The predicted octanol–water partition coefficient (Wildman–Crippen LogP) is 7.08. The van der Waals surface area contributed by atoms with Gasteiger partial charge >= 0.3 is 15.6 Å². The Hall–Kier alpha value is -1.11. The van der Waals surface area contributed by atoms with Crippen LogP contribution in [0.2, 0.25) is 0 Å². The summed E-state index contributed by atoms with van der Waals surface area (Å²) in [5.74, 6) is 2.18. The Morgan fingerprint density at radius 2 is 1.65 bits per heavy atom. The molecule has 0 bridgehead atoms. The Morgan fingerprint density at radius 1 is 0.979 bits per heavy atom. The van der Waals surface area contributed by atoms with Crippen LogP contribution in [0.1, 0.15) is 99.3 Å². The van der Waals surface area contributed by atoms with Crippen LogP contribution in [0, 0.1) is 51.2 Å². The second-order valence-electron chi connectivity index (χ2n) is 17.7. The third-order valence-corrected chi connectivity index (χ3v) is 18.0. The van der Waals surface area contributed by atoms with Gasteiger partial charge in [-0.1, -0.05) is 46.8 Å². The zero-order valence-electron chi connectivity index (χ0n) is 29.7. The molecule has 6 rings (SSSR count). The van der Waals surface area contributed by atoms with Crippen LogP contribution in [-0.2, 0) is 24.1 Å². The fraction of sp³-hybridized carbons (Fsp3) is 0.889. The number of allylic oxidation sites excluding steroid dienone is 3. The molecule has 0 aromatic heterocycles. The average Bonchev–Trinajstić information content (AvgIpc) is 3.35. The fourth-order valence-electron chi connectivity index (χ4n) is 12.8. The summed E-state index contributed by atoms with van der Waals surface area (Å²) in [6.45, 7) is 20.7.